The third kappa shape index (κ3) is 2.17. The summed E-state index contributed by atoms with van der Waals surface area (Å²) < 4.78 is 10.6. The molecule has 1 aromatic rings. The number of ether oxygens (including phenoxy) is 2. The molecule has 0 radical (unpaired) electrons. The number of methoxy groups -OCH3 is 2. The quantitative estimate of drug-likeness (QED) is 0.622. The normalized spacial score (nSPS) is 9.71. The van der Waals surface area contributed by atoms with E-state index >= 15 is 0 Å². The lowest BCUT2D eigenvalue weighted by Crippen LogP contribution is -2.05. The van der Waals surface area contributed by atoms with Crippen molar-refractivity contribution in [1.82, 2.24) is 0 Å². The summed E-state index contributed by atoms with van der Waals surface area (Å²) in [6.45, 7) is 1.91. The van der Waals surface area contributed by atoms with Crippen LogP contribution in [0, 0.1) is 10.5 Å². The van der Waals surface area contributed by atoms with Crippen LogP contribution in [-0.2, 0) is 4.74 Å². The molecule has 0 aliphatic carbocycles. The van der Waals surface area contributed by atoms with E-state index in [9.17, 15) is 4.79 Å². The van der Waals surface area contributed by atoms with Gasteiger partial charge in [0.2, 0.25) is 0 Å². The first-order valence-corrected chi connectivity index (χ1v) is 5.10. The Hall–Kier alpha value is -0.780. The zero-order chi connectivity index (χ0) is 10.7. The average molecular weight is 306 g/mol. The first-order valence-electron chi connectivity index (χ1n) is 4.02. The van der Waals surface area contributed by atoms with Crippen LogP contribution in [-0.4, -0.2) is 20.2 Å². The van der Waals surface area contributed by atoms with Gasteiger partial charge in [-0.05, 0) is 47.2 Å². The second kappa shape index (κ2) is 4.63. The highest BCUT2D eigenvalue weighted by Gasteiger charge is 2.14. The highest BCUT2D eigenvalue weighted by atomic mass is 127. The fraction of sp³-hybridized carbons (Fsp3) is 0.300. The number of hydrogen-bond donors (Lipinski definition) is 0. The molecule has 0 aromatic heterocycles. The van der Waals surface area contributed by atoms with Gasteiger partial charge >= 0.3 is 5.97 Å². The van der Waals surface area contributed by atoms with Gasteiger partial charge < -0.3 is 9.47 Å². The maximum atomic E-state index is 11.4. The predicted octanol–water partition coefficient (Wildman–Crippen LogP) is 2.39. The smallest absolute Gasteiger partial charge is 0.339 e. The Balaban J connectivity index is 3.29. The molecule has 0 aliphatic rings. The molecule has 1 rings (SSSR count). The molecule has 0 bridgehead atoms. The van der Waals surface area contributed by atoms with Crippen molar-refractivity contribution in [3.05, 3.63) is 26.8 Å². The molecule has 0 spiro atoms. The van der Waals surface area contributed by atoms with Crippen LogP contribution in [0.2, 0.25) is 0 Å². The second-order valence-corrected chi connectivity index (χ2v) is 3.90. The fourth-order valence-electron chi connectivity index (χ4n) is 1.14. The standard InChI is InChI=1S/C10H11IO3/c1-6-4-7(10(12)14-3)9(11)8(5-6)13-2/h4-5H,1-3H3. The SMILES string of the molecule is COC(=O)c1cc(C)cc(OC)c1I. The van der Waals surface area contributed by atoms with Crippen molar-refractivity contribution >= 4 is 28.6 Å². The summed E-state index contributed by atoms with van der Waals surface area (Å²) in [6, 6.07) is 3.67. The van der Waals surface area contributed by atoms with Crippen LogP contribution < -0.4 is 4.74 Å². The number of aryl methyl sites for hydroxylation is 1. The largest absolute Gasteiger partial charge is 0.496 e. The average Bonchev–Trinajstić information content (AvgIpc) is 2.19. The third-order valence-corrected chi connectivity index (χ3v) is 2.92. The van der Waals surface area contributed by atoms with E-state index in [4.69, 9.17) is 4.74 Å². The van der Waals surface area contributed by atoms with Crippen molar-refractivity contribution in [2.45, 2.75) is 6.92 Å². The van der Waals surface area contributed by atoms with Crippen molar-refractivity contribution in [3.8, 4) is 5.75 Å². The highest BCUT2D eigenvalue weighted by molar-refractivity contribution is 14.1. The first-order chi connectivity index (χ1) is 6.60. The van der Waals surface area contributed by atoms with Gasteiger partial charge in [0, 0.05) is 0 Å². The van der Waals surface area contributed by atoms with Crippen LogP contribution in [0.3, 0.4) is 0 Å². The zero-order valence-electron chi connectivity index (χ0n) is 8.26. The summed E-state index contributed by atoms with van der Waals surface area (Å²) in [7, 11) is 2.95. The Bertz CT molecular complexity index is 361. The van der Waals surface area contributed by atoms with Gasteiger partial charge in [-0.2, -0.15) is 0 Å². The summed E-state index contributed by atoms with van der Waals surface area (Å²) in [5.74, 6) is 0.363. The molecule has 4 heteroatoms. The molecule has 0 heterocycles. The van der Waals surface area contributed by atoms with E-state index in [0.29, 0.717) is 11.3 Å². The Kier molecular flexibility index (Phi) is 3.74. The molecule has 0 amide bonds. The van der Waals surface area contributed by atoms with Crippen molar-refractivity contribution in [2.75, 3.05) is 14.2 Å². The molecule has 76 valence electrons. The van der Waals surface area contributed by atoms with Crippen molar-refractivity contribution in [1.29, 1.82) is 0 Å². The lowest BCUT2D eigenvalue weighted by atomic mass is 10.1. The number of benzene rings is 1. The summed E-state index contributed by atoms with van der Waals surface area (Å²) >= 11 is 2.07. The number of esters is 1. The minimum atomic E-state index is -0.337. The van der Waals surface area contributed by atoms with Gasteiger partial charge in [-0.25, -0.2) is 4.79 Å². The van der Waals surface area contributed by atoms with Gasteiger partial charge in [0.15, 0.2) is 0 Å². The lowest BCUT2D eigenvalue weighted by Gasteiger charge is -2.08. The molecule has 0 N–H and O–H groups in total. The van der Waals surface area contributed by atoms with Crippen LogP contribution >= 0.6 is 22.6 Å². The minimum absolute atomic E-state index is 0.337. The molecule has 0 saturated heterocycles. The number of halogens is 1. The molecule has 0 atom stereocenters. The number of hydrogen-bond acceptors (Lipinski definition) is 3. The summed E-state index contributed by atoms with van der Waals surface area (Å²) in [5.41, 5.74) is 1.52. The first kappa shape index (κ1) is 11.3. The highest BCUT2D eigenvalue weighted by Crippen LogP contribution is 2.26. The number of carbonyl (C=O) groups excluding carboxylic acids is 1. The fourth-order valence-corrected chi connectivity index (χ4v) is 1.89. The molecule has 1 aromatic carbocycles. The van der Waals surface area contributed by atoms with Crippen LogP contribution in [0.4, 0.5) is 0 Å². The van der Waals surface area contributed by atoms with Gasteiger partial charge in [-0.1, -0.05) is 0 Å². The van der Waals surface area contributed by atoms with E-state index < -0.39 is 0 Å². The van der Waals surface area contributed by atoms with Gasteiger partial charge in [0.25, 0.3) is 0 Å². The number of rotatable bonds is 2. The van der Waals surface area contributed by atoms with Gasteiger partial charge in [0.1, 0.15) is 5.75 Å². The van der Waals surface area contributed by atoms with Crippen LogP contribution in [0.1, 0.15) is 15.9 Å². The molecular weight excluding hydrogens is 295 g/mol. The number of carbonyl (C=O) groups is 1. The maximum Gasteiger partial charge on any atom is 0.339 e. The maximum absolute atomic E-state index is 11.4. The summed E-state index contributed by atoms with van der Waals surface area (Å²) in [6.07, 6.45) is 0. The molecule has 0 aliphatic heterocycles. The van der Waals surface area contributed by atoms with Crippen LogP contribution in [0.25, 0.3) is 0 Å². The summed E-state index contributed by atoms with van der Waals surface area (Å²) in [5, 5.41) is 0. The molecular formula is C10H11IO3. The monoisotopic (exact) mass is 306 g/mol. The predicted molar refractivity (Wildman–Crippen MR) is 61.8 cm³/mol. The summed E-state index contributed by atoms with van der Waals surface area (Å²) in [4.78, 5) is 11.4. The Labute approximate surface area is 96.5 Å². The van der Waals surface area contributed by atoms with E-state index in [2.05, 4.69) is 27.3 Å². The van der Waals surface area contributed by atoms with Crippen molar-refractivity contribution in [2.24, 2.45) is 0 Å². The lowest BCUT2D eigenvalue weighted by molar-refractivity contribution is 0.0599. The topological polar surface area (TPSA) is 35.5 Å². The van der Waals surface area contributed by atoms with Crippen molar-refractivity contribution < 1.29 is 14.3 Å². The second-order valence-electron chi connectivity index (χ2n) is 2.82. The van der Waals surface area contributed by atoms with Crippen LogP contribution in [0.5, 0.6) is 5.75 Å². The Morgan fingerprint density at radius 3 is 2.50 bits per heavy atom. The van der Waals surface area contributed by atoms with E-state index in [-0.39, 0.29) is 5.97 Å². The van der Waals surface area contributed by atoms with Gasteiger partial charge in [0.05, 0.1) is 23.4 Å². The molecule has 3 nitrogen and oxygen atoms in total. The minimum Gasteiger partial charge on any atom is -0.496 e. The third-order valence-electron chi connectivity index (χ3n) is 1.81. The molecule has 0 saturated carbocycles. The molecule has 0 unspecified atom stereocenters. The Morgan fingerprint density at radius 2 is 2.00 bits per heavy atom. The van der Waals surface area contributed by atoms with Gasteiger partial charge in [-0.15, -0.1) is 0 Å². The zero-order valence-corrected chi connectivity index (χ0v) is 10.4. The molecule has 0 fully saturated rings. The van der Waals surface area contributed by atoms with Crippen LogP contribution in [0.15, 0.2) is 12.1 Å². The van der Waals surface area contributed by atoms with Crippen molar-refractivity contribution in [3.63, 3.8) is 0 Å². The van der Waals surface area contributed by atoms with Gasteiger partial charge in [-0.3, -0.25) is 0 Å². The van der Waals surface area contributed by atoms with E-state index in [0.717, 1.165) is 9.13 Å². The Morgan fingerprint density at radius 1 is 1.36 bits per heavy atom. The molecule has 14 heavy (non-hydrogen) atoms. The van der Waals surface area contributed by atoms with E-state index in [1.807, 2.05) is 13.0 Å². The van der Waals surface area contributed by atoms with E-state index in [1.165, 1.54) is 7.11 Å². The van der Waals surface area contributed by atoms with E-state index in [1.54, 1.807) is 13.2 Å².